The van der Waals surface area contributed by atoms with Crippen molar-refractivity contribution >= 4 is 0 Å². The monoisotopic (exact) mass is 164 g/mol. The topological polar surface area (TPSA) is 48.1 Å². The van der Waals surface area contributed by atoms with Gasteiger partial charge in [0.1, 0.15) is 5.75 Å². The molecule has 64 valence electrons. The molecular weight excluding hydrogens is 152 g/mol. The highest BCUT2D eigenvalue weighted by Crippen LogP contribution is 2.37. The highest BCUT2D eigenvalue weighted by molar-refractivity contribution is 5.26. The van der Waals surface area contributed by atoms with E-state index in [9.17, 15) is 0 Å². The minimum absolute atomic E-state index is 0.325. The fraction of sp³-hybridized carbons (Fsp3) is 0.444. The molecule has 2 rings (SSSR count). The Morgan fingerprint density at radius 1 is 1.58 bits per heavy atom. The summed E-state index contributed by atoms with van der Waals surface area (Å²) in [6, 6.07) is 4.23. The van der Waals surface area contributed by atoms with Gasteiger partial charge in [-0.3, -0.25) is 4.98 Å². The number of rotatable bonds is 2. The van der Waals surface area contributed by atoms with Gasteiger partial charge >= 0.3 is 0 Å². The normalized spacial score (nSPS) is 26.8. The Morgan fingerprint density at radius 2 is 2.33 bits per heavy atom. The van der Waals surface area contributed by atoms with E-state index in [1.165, 1.54) is 0 Å². The van der Waals surface area contributed by atoms with Crippen LogP contribution in [0.5, 0.6) is 5.75 Å². The summed E-state index contributed by atoms with van der Waals surface area (Å²) in [7, 11) is 1.64. The molecule has 0 radical (unpaired) electrons. The molecule has 0 bridgehead atoms. The molecule has 1 fully saturated rings. The van der Waals surface area contributed by atoms with E-state index in [0.717, 1.165) is 17.9 Å². The summed E-state index contributed by atoms with van der Waals surface area (Å²) in [5.74, 6) is 1.28. The van der Waals surface area contributed by atoms with Crippen molar-refractivity contribution in [2.24, 2.45) is 5.73 Å². The maximum atomic E-state index is 5.70. The molecule has 1 aliphatic carbocycles. The number of nitrogens with two attached hydrogens (primary N) is 1. The summed E-state index contributed by atoms with van der Waals surface area (Å²) >= 11 is 0. The molecule has 1 aromatic rings. The largest absolute Gasteiger partial charge is 0.495 e. The highest BCUT2D eigenvalue weighted by atomic mass is 16.5. The van der Waals surface area contributed by atoms with Gasteiger partial charge < -0.3 is 10.5 Å². The standard InChI is InChI=1S/C9H12N2O/c1-12-6-2-3-9(11-5-6)7-4-8(7)10/h2-3,5,7-8H,4,10H2,1H3/t7-,8-/m1/s1. The predicted molar refractivity (Wildman–Crippen MR) is 46.1 cm³/mol. The van der Waals surface area contributed by atoms with Crippen molar-refractivity contribution in [3.63, 3.8) is 0 Å². The van der Waals surface area contributed by atoms with Crippen molar-refractivity contribution in [3.8, 4) is 5.75 Å². The highest BCUT2D eigenvalue weighted by Gasteiger charge is 2.35. The molecule has 1 saturated carbocycles. The zero-order valence-electron chi connectivity index (χ0n) is 7.03. The Balaban J connectivity index is 2.14. The third-order valence-corrected chi connectivity index (χ3v) is 2.21. The first-order valence-electron chi connectivity index (χ1n) is 4.07. The quantitative estimate of drug-likeness (QED) is 0.706. The van der Waals surface area contributed by atoms with Gasteiger partial charge in [-0.2, -0.15) is 0 Å². The van der Waals surface area contributed by atoms with Crippen molar-refractivity contribution in [2.45, 2.75) is 18.4 Å². The van der Waals surface area contributed by atoms with E-state index in [4.69, 9.17) is 10.5 Å². The van der Waals surface area contributed by atoms with Crippen LogP contribution in [0.1, 0.15) is 18.0 Å². The summed E-state index contributed by atoms with van der Waals surface area (Å²) in [5, 5.41) is 0. The van der Waals surface area contributed by atoms with Gasteiger partial charge in [-0.25, -0.2) is 0 Å². The third kappa shape index (κ3) is 1.28. The third-order valence-electron chi connectivity index (χ3n) is 2.21. The summed E-state index contributed by atoms with van der Waals surface area (Å²) in [4.78, 5) is 4.26. The van der Waals surface area contributed by atoms with Crippen LogP contribution in [0, 0.1) is 0 Å². The van der Waals surface area contributed by atoms with Crippen LogP contribution in [0.15, 0.2) is 18.3 Å². The van der Waals surface area contributed by atoms with E-state index in [-0.39, 0.29) is 0 Å². The van der Waals surface area contributed by atoms with Crippen LogP contribution in [-0.2, 0) is 0 Å². The molecule has 1 aliphatic rings. The molecule has 1 aromatic heterocycles. The Labute approximate surface area is 71.6 Å². The number of nitrogens with zero attached hydrogens (tertiary/aromatic N) is 1. The lowest BCUT2D eigenvalue weighted by atomic mass is 10.2. The molecule has 0 spiro atoms. The van der Waals surface area contributed by atoms with Crippen LogP contribution in [0.25, 0.3) is 0 Å². The summed E-state index contributed by atoms with van der Waals surface area (Å²) in [6.45, 7) is 0. The van der Waals surface area contributed by atoms with Gasteiger partial charge in [0.25, 0.3) is 0 Å². The fourth-order valence-electron chi connectivity index (χ4n) is 1.29. The van der Waals surface area contributed by atoms with Crippen molar-refractivity contribution in [1.82, 2.24) is 4.98 Å². The zero-order valence-corrected chi connectivity index (χ0v) is 7.03. The van der Waals surface area contributed by atoms with Crippen LogP contribution in [-0.4, -0.2) is 18.1 Å². The SMILES string of the molecule is COc1ccc([C@@H]2C[C@H]2N)nc1. The lowest BCUT2D eigenvalue weighted by Crippen LogP contribution is -2.01. The Hall–Kier alpha value is -1.09. The van der Waals surface area contributed by atoms with Crippen LogP contribution < -0.4 is 10.5 Å². The first kappa shape index (κ1) is 7.55. The first-order chi connectivity index (χ1) is 5.81. The number of methoxy groups -OCH3 is 1. The number of pyridine rings is 1. The van der Waals surface area contributed by atoms with Gasteiger partial charge in [-0.05, 0) is 18.6 Å². The van der Waals surface area contributed by atoms with Crippen molar-refractivity contribution in [2.75, 3.05) is 7.11 Å². The molecular formula is C9H12N2O. The molecule has 3 nitrogen and oxygen atoms in total. The smallest absolute Gasteiger partial charge is 0.137 e. The number of ether oxygens (including phenoxy) is 1. The van der Waals surface area contributed by atoms with E-state index >= 15 is 0 Å². The Morgan fingerprint density at radius 3 is 2.75 bits per heavy atom. The zero-order chi connectivity index (χ0) is 8.55. The number of hydrogen-bond donors (Lipinski definition) is 1. The average molecular weight is 164 g/mol. The van der Waals surface area contributed by atoms with E-state index in [2.05, 4.69) is 4.98 Å². The Bertz CT molecular complexity index is 270. The summed E-state index contributed by atoms with van der Waals surface area (Å²) < 4.78 is 5.00. The maximum absolute atomic E-state index is 5.70. The average Bonchev–Trinajstić information content (AvgIpc) is 2.83. The molecule has 3 heteroatoms. The molecule has 0 unspecified atom stereocenters. The van der Waals surface area contributed by atoms with Gasteiger partial charge in [0, 0.05) is 17.7 Å². The first-order valence-corrected chi connectivity index (χ1v) is 4.07. The van der Waals surface area contributed by atoms with Crippen molar-refractivity contribution in [3.05, 3.63) is 24.0 Å². The predicted octanol–water partition coefficient (Wildman–Crippen LogP) is 0.905. The van der Waals surface area contributed by atoms with Crippen LogP contribution >= 0.6 is 0 Å². The summed E-state index contributed by atoms with van der Waals surface area (Å²) in [6.07, 6.45) is 2.81. The van der Waals surface area contributed by atoms with Gasteiger partial charge in [-0.15, -0.1) is 0 Å². The van der Waals surface area contributed by atoms with Crippen molar-refractivity contribution < 1.29 is 4.74 Å². The van der Waals surface area contributed by atoms with Crippen molar-refractivity contribution in [1.29, 1.82) is 0 Å². The van der Waals surface area contributed by atoms with Crippen LogP contribution in [0.4, 0.5) is 0 Å². The lowest BCUT2D eigenvalue weighted by molar-refractivity contribution is 0.412. The van der Waals surface area contributed by atoms with Gasteiger partial charge in [0.05, 0.1) is 13.3 Å². The molecule has 0 amide bonds. The molecule has 0 aromatic carbocycles. The van der Waals surface area contributed by atoms with Gasteiger partial charge in [0.2, 0.25) is 0 Å². The van der Waals surface area contributed by atoms with Gasteiger partial charge in [0.15, 0.2) is 0 Å². The van der Waals surface area contributed by atoms with Crippen LogP contribution in [0.3, 0.4) is 0 Å². The molecule has 1 heterocycles. The molecule has 2 N–H and O–H groups in total. The number of hydrogen-bond acceptors (Lipinski definition) is 3. The van der Waals surface area contributed by atoms with E-state index < -0.39 is 0 Å². The molecule has 2 atom stereocenters. The minimum Gasteiger partial charge on any atom is -0.495 e. The van der Waals surface area contributed by atoms with E-state index in [0.29, 0.717) is 12.0 Å². The maximum Gasteiger partial charge on any atom is 0.137 e. The second kappa shape index (κ2) is 2.75. The molecule has 12 heavy (non-hydrogen) atoms. The summed E-state index contributed by atoms with van der Waals surface area (Å²) in [5.41, 5.74) is 6.78. The van der Waals surface area contributed by atoms with Gasteiger partial charge in [-0.1, -0.05) is 0 Å². The van der Waals surface area contributed by atoms with E-state index in [1.807, 2.05) is 12.1 Å². The number of aromatic nitrogens is 1. The second-order valence-corrected chi connectivity index (χ2v) is 3.13. The molecule has 0 aliphatic heterocycles. The Kier molecular flexibility index (Phi) is 1.73. The van der Waals surface area contributed by atoms with Crippen LogP contribution in [0.2, 0.25) is 0 Å². The van der Waals surface area contributed by atoms with E-state index in [1.54, 1.807) is 13.3 Å². The molecule has 0 saturated heterocycles. The second-order valence-electron chi connectivity index (χ2n) is 3.13. The lowest BCUT2D eigenvalue weighted by Gasteiger charge is -2.00. The fourth-order valence-corrected chi connectivity index (χ4v) is 1.29. The minimum atomic E-state index is 0.325.